The van der Waals surface area contributed by atoms with Gasteiger partial charge in [0.2, 0.25) is 11.9 Å². The van der Waals surface area contributed by atoms with E-state index < -0.39 is 35.9 Å². The highest BCUT2D eigenvalue weighted by Crippen LogP contribution is 2.34. The largest absolute Gasteiger partial charge is 0.417 e. The molecule has 3 aromatic rings. The molecule has 0 saturated heterocycles. The molecular weight excluding hydrogens is 406 g/mol. The van der Waals surface area contributed by atoms with Crippen molar-refractivity contribution in [3.63, 3.8) is 0 Å². The van der Waals surface area contributed by atoms with E-state index in [9.17, 15) is 31.1 Å². The zero-order valence-electron chi connectivity index (χ0n) is 14.2. The summed E-state index contributed by atoms with van der Waals surface area (Å²) in [6.07, 6.45) is -7.94. The summed E-state index contributed by atoms with van der Waals surface area (Å²) in [5.41, 5.74) is 2.99. The van der Waals surface area contributed by atoms with E-state index in [2.05, 4.69) is 25.6 Å². The van der Waals surface area contributed by atoms with Crippen molar-refractivity contribution in [1.82, 2.24) is 15.0 Å². The highest BCUT2D eigenvalue weighted by atomic mass is 19.4. The van der Waals surface area contributed by atoms with E-state index in [1.54, 1.807) is 0 Å². The Bertz CT molecular complexity index is 1060. The first-order valence-electron chi connectivity index (χ1n) is 7.88. The predicted molar refractivity (Wildman–Crippen MR) is 91.7 cm³/mol. The molecule has 0 radical (unpaired) electrons. The molecule has 154 valence electrons. The molecule has 5 N–H and O–H groups in total. The van der Waals surface area contributed by atoms with Crippen LogP contribution in [0.5, 0.6) is 0 Å². The molecule has 0 fully saturated rings. The van der Waals surface area contributed by atoms with Crippen LogP contribution in [0.4, 0.5) is 43.8 Å². The molecule has 2 heterocycles. The Hall–Kier alpha value is -3.51. The lowest BCUT2D eigenvalue weighted by Crippen LogP contribution is -2.22. The highest BCUT2D eigenvalue weighted by Gasteiger charge is 2.35. The lowest BCUT2D eigenvalue weighted by Gasteiger charge is -2.14. The monoisotopic (exact) mass is 418 g/mol. The molecule has 3 rings (SSSR count). The quantitative estimate of drug-likeness (QED) is 0.472. The maximum atomic E-state index is 13.2. The first-order chi connectivity index (χ1) is 13.4. The van der Waals surface area contributed by atoms with Gasteiger partial charge in [0.25, 0.3) is 0 Å². The van der Waals surface area contributed by atoms with E-state index in [1.807, 2.05) is 0 Å². The van der Waals surface area contributed by atoms with Gasteiger partial charge in [-0.05, 0) is 24.3 Å². The van der Waals surface area contributed by atoms with Crippen LogP contribution >= 0.6 is 0 Å². The van der Waals surface area contributed by atoms with Crippen LogP contribution in [0.3, 0.4) is 0 Å². The number of fused-ring (bicyclic) bond motifs is 1. The van der Waals surface area contributed by atoms with Crippen molar-refractivity contribution in [2.45, 2.75) is 12.4 Å². The van der Waals surface area contributed by atoms with Crippen LogP contribution in [0, 0.1) is 0 Å². The maximum absolute atomic E-state index is 13.2. The van der Waals surface area contributed by atoms with Gasteiger partial charge in [-0.1, -0.05) is 0 Å². The molecule has 0 unspecified atom stereocenters. The van der Waals surface area contributed by atoms with Crippen molar-refractivity contribution in [1.29, 1.82) is 0 Å². The molecule has 0 aliphatic carbocycles. The number of alkyl halides is 6. The minimum Gasteiger partial charge on any atom is -0.366 e. The van der Waals surface area contributed by atoms with Gasteiger partial charge >= 0.3 is 12.4 Å². The number of primary amides is 1. The van der Waals surface area contributed by atoms with Gasteiger partial charge in [0.05, 0.1) is 16.5 Å². The van der Waals surface area contributed by atoms with E-state index in [0.29, 0.717) is 6.07 Å². The number of rotatable bonds is 5. The topological polar surface area (TPSA) is 109 Å². The van der Waals surface area contributed by atoms with Crippen molar-refractivity contribution >= 4 is 34.4 Å². The van der Waals surface area contributed by atoms with Gasteiger partial charge in [-0.3, -0.25) is 4.79 Å². The minimum atomic E-state index is -4.86. The van der Waals surface area contributed by atoms with E-state index in [1.165, 1.54) is 12.3 Å². The lowest BCUT2D eigenvalue weighted by atomic mass is 10.1. The SMILES string of the molecule is NC(=O)c1ccc(Nc2nc(NCC(F)(F)F)c3cc[nH]c3n2)cc1C(F)(F)F. The van der Waals surface area contributed by atoms with Crippen molar-refractivity contribution in [3.8, 4) is 0 Å². The smallest absolute Gasteiger partial charge is 0.366 e. The van der Waals surface area contributed by atoms with Crippen LogP contribution in [0.15, 0.2) is 30.5 Å². The van der Waals surface area contributed by atoms with Gasteiger partial charge in [-0.25, -0.2) is 0 Å². The molecule has 0 aliphatic heterocycles. The molecule has 2 aromatic heterocycles. The molecule has 13 heteroatoms. The first kappa shape index (κ1) is 20.2. The maximum Gasteiger partial charge on any atom is 0.417 e. The van der Waals surface area contributed by atoms with E-state index in [-0.39, 0.29) is 28.5 Å². The van der Waals surface area contributed by atoms with Crippen molar-refractivity contribution in [2.75, 3.05) is 17.2 Å². The number of nitrogens with one attached hydrogen (secondary N) is 3. The number of anilines is 3. The average Bonchev–Trinajstić information content (AvgIpc) is 3.06. The number of aromatic amines is 1. The number of carbonyl (C=O) groups excluding carboxylic acids is 1. The molecule has 0 bridgehead atoms. The van der Waals surface area contributed by atoms with Gasteiger partial charge in [0, 0.05) is 11.9 Å². The molecule has 0 aliphatic rings. The van der Waals surface area contributed by atoms with Crippen molar-refractivity contribution < 1.29 is 31.1 Å². The number of nitrogens with two attached hydrogens (primary N) is 1. The molecule has 1 amide bonds. The van der Waals surface area contributed by atoms with Gasteiger partial charge < -0.3 is 21.4 Å². The average molecular weight is 418 g/mol. The number of hydrogen-bond donors (Lipinski definition) is 4. The second kappa shape index (κ2) is 7.14. The number of H-pyrrole nitrogens is 1. The predicted octanol–water partition coefficient (Wildman–Crippen LogP) is 3.79. The minimum absolute atomic E-state index is 0.144. The summed E-state index contributed by atoms with van der Waals surface area (Å²) in [5.74, 6) is -1.68. The second-order valence-corrected chi connectivity index (χ2v) is 5.85. The van der Waals surface area contributed by atoms with Gasteiger partial charge in [0.15, 0.2) is 0 Å². The van der Waals surface area contributed by atoms with E-state index in [4.69, 9.17) is 5.73 Å². The standard InChI is InChI=1S/C16H12F6N6O/c17-15(18,19)6-25-13-9-3-4-24-12(9)27-14(28-13)26-7-1-2-8(11(23)29)10(5-7)16(20,21)22/h1-5H,6H2,(H2,23,29)(H3,24,25,26,27,28). The number of hydrogen-bond acceptors (Lipinski definition) is 5. The van der Waals surface area contributed by atoms with E-state index >= 15 is 0 Å². The molecule has 0 saturated carbocycles. The number of carbonyl (C=O) groups is 1. The Morgan fingerprint density at radius 3 is 2.45 bits per heavy atom. The molecular formula is C16H12F6N6O. The normalized spacial score (nSPS) is 12.2. The summed E-state index contributed by atoms with van der Waals surface area (Å²) in [5, 5.41) is 4.87. The van der Waals surface area contributed by atoms with Crippen LogP contribution < -0.4 is 16.4 Å². The number of halogens is 6. The van der Waals surface area contributed by atoms with Gasteiger partial charge in [0.1, 0.15) is 18.0 Å². The molecule has 29 heavy (non-hydrogen) atoms. The Labute approximate surface area is 158 Å². The Balaban J connectivity index is 1.97. The fourth-order valence-corrected chi connectivity index (χ4v) is 2.52. The van der Waals surface area contributed by atoms with Crippen molar-refractivity contribution in [3.05, 3.63) is 41.6 Å². The molecule has 1 aromatic carbocycles. The number of amides is 1. The number of nitrogens with zero attached hydrogens (tertiary/aromatic N) is 2. The number of benzene rings is 1. The summed E-state index contributed by atoms with van der Waals surface area (Å²) >= 11 is 0. The van der Waals surface area contributed by atoms with Gasteiger partial charge in [-0.2, -0.15) is 36.3 Å². The molecule has 7 nitrogen and oxygen atoms in total. The van der Waals surface area contributed by atoms with Crippen LogP contribution in [0.1, 0.15) is 15.9 Å². The summed E-state index contributed by atoms with van der Waals surface area (Å²) in [7, 11) is 0. The number of aromatic nitrogens is 3. The summed E-state index contributed by atoms with van der Waals surface area (Å²) in [6, 6.07) is 4.09. The van der Waals surface area contributed by atoms with Crippen LogP contribution in [-0.4, -0.2) is 33.6 Å². The zero-order chi connectivity index (χ0) is 21.4. The van der Waals surface area contributed by atoms with E-state index in [0.717, 1.165) is 12.1 Å². The second-order valence-electron chi connectivity index (χ2n) is 5.85. The van der Waals surface area contributed by atoms with Crippen molar-refractivity contribution in [2.24, 2.45) is 5.73 Å². The first-order valence-corrected chi connectivity index (χ1v) is 7.88. The fraction of sp³-hybridized carbons (Fsp3) is 0.188. The highest BCUT2D eigenvalue weighted by molar-refractivity contribution is 5.95. The Morgan fingerprint density at radius 2 is 1.83 bits per heavy atom. The third-order valence-corrected chi connectivity index (χ3v) is 3.72. The van der Waals surface area contributed by atoms with Gasteiger partial charge in [-0.15, -0.1) is 0 Å². The van der Waals surface area contributed by atoms with Crippen LogP contribution in [0.25, 0.3) is 11.0 Å². The zero-order valence-corrected chi connectivity index (χ0v) is 14.2. The Kier molecular flexibility index (Phi) is 4.98. The lowest BCUT2D eigenvalue weighted by molar-refractivity contribution is -0.137. The molecule has 0 spiro atoms. The Morgan fingerprint density at radius 1 is 1.10 bits per heavy atom. The molecule has 0 atom stereocenters. The van der Waals surface area contributed by atoms with Crippen LogP contribution in [-0.2, 0) is 6.18 Å². The summed E-state index contributed by atoms with van der Waals surface area (Å²) in [6.45, 7) is -1.37. The summed E-state index contributed by atoms with van der Waals surface area (Å²) < 4.78 is 77.0. The third kappa shape index (κ3) is 4.67. The third-order valence-electron chi connectivity index (χ3n) is 3.72. The summed E-state index contributed by atoms with van der Waals surface area (Å²) in [4.78, 5) is 21.8. The van der Waals surface area contributed by atoms with Crippen LogP contribution in [0.2, 0.25) is 0 Å². The fourth-order valence-electron chi connectivity index (χ4n) is 2.52.